The van der Waals surface area contributed by atoms with Crippen LogP contribution in [0.15, 0.2) is 0 Å². The predicted octanol–water partition coefficient (Wildman–Crippen LogP) is 0.516. The molecule has 0 saturated carbocycles. The largest absolute Gasteiger partial charge is 0.356 e. The van der Waals surface area contributed by atoms with Gasteiger partial charge in [-0.1, -0.05) is 6.92 Å². The summed E-state index contributed by atoms with van der Waals surface area (Å²) >= 11 is 0. The number of amides is 3. The van der Waals surface area contributed by atoms with Crippen molar-refractivity contribution in [1.29, 1.82) is 0 Å². The molecule has 5 nitrogen and oxygen atoms in total. The number of carbonyl (C=O) groups excluding carboxylic acids is 2. The van der Waals surface area contributed by atoms with Crippen molar-refractivity contribution in [1.82, 2.24) is 15.1 Å². The molecule has 3 aliphatic rings. The summed E-state index contributed by atoms with van der Waals surface area (Å²) in [6.45, 7) is 6.08. The molecule has 3 heterocycles. The lowest BCUT2D eigenvalue weighted by molar-refractivity contribution is -0.128. The van der Waals surface area contributed by atoms with E-state index in [9.17, 15) is 9.59 Å². The lowest BCUT2D eigenvalue weighted by Crippen LogP contribution is -2.46. The molecule has 0 bridgehead atoms. The van der Waals surface area contributed by atoms with Crippen molar-refractivity contribution >= 4 is 11.9 Å². The number of rotatable bonds is 0. The molecule has 0 radical (unpaired) electrons. The zero-order chi connectivity index (χ0) is 12.7. The zero-order valence-electron chi connectivity index (χ0n) is 10.9. The van der Waals surface area contributed by atoms with Crippen LogP contribution in [0.5, 0.6) is 0 Å². The van der Waals surface area contributed by atoms with E-state index in [0.29, 0.717) is 11.8 Å². The van der Waals surface area contributed by atoms with E-state index in [2.05, 4.69) is 5.32 Å². The Hall–Kier alpha value is -1.26. The summed E-state index contributed by atoms with van der Waals surface area (Å²) in [5, 5.41) is 2.94. The van der Waals surface area contributed by atoms with Crippen LogP contribution < -0.4 is 5.32 Å². The van der Waals surface area contributed by atoms with Gasteiger partial charge in [0.05, 0.1) is 0 Å². The van der Waals surface area contributed by atoms with Gasteiger partial charge < -0.3 is 15.1 Å². The molecule has 0 aromatic rings. The van der Waals surface area contributed by atoms with Crippen LogP contribution in [-0.2, 0) is 4.79 Å². The molecule has 3 fully saturated rings. The summed E-state index contributed by atoms with van der Waals surface area (Å²) in [6.07, 6.45) is 2.26. The lowest BCUT2D eigenvalue weighted by Gasteiger charge is -2.29. The first-order valence-electron chi connectivity index (χ1n) is 6.98. The highest BCUT2D eigenvalue weighted by atomic mass is 16.2. The Morgan fingerprint density at radius 1 is 1.22 bits per heavy atom. The Bertz CT molecular complexity index is 365. The maximum Gasteiger partial charge on any atom is 0.320 e. The Morgan fingerprint density at radius 2 is 1.94 bits per heavy atom. The third-order valence-electron chi connectivity index (χ3n) is 4.73. The van der Waals surface area contributed by atoms with Crippen LogP contribution in [0, 0.1) is 17.8 Å². The van der Waals surface area contributed by atoms with Crippen molar-refractivity contribution in [2.45, 2.75) is 19.8 Å². The van der Waals surface area contributed by atoms with Crippen molar-refractivity contribution in [3.63, 3.8) is 0 Å². The van der Waals surface area contributed by atoms with E-state index < -0.39 is 0 Å². The minimum Gasteiger partial charge on any atom is -0.356 e. The van der Waals surface area contributed by atoms with Crippen molar-refractivity contribution in [2.75, 3.05) is 32.7 Å². The molecular weight excluding hydrogens is 230 g/mol. The van der Waals surface area contributed by atoms with Crippen molar-refractivity contribution < 1.29 is 9.59 Å². The molecular formula is C13H21N3O2. The second kappa shape index (κ2) is 4.44. The second-order valence-electron chi connectivity index (χ2n) is 5.84. The van der Waals surface area contributed by atoms with Gasteiger partial charge in [0, 0.05) is 38.6 Å². The van der Waals surface area contributed by atoms with Crippen LogP contribution in [0.1, 0.15) is 19.8 Å². The van der Waals surface area contributed by atoms with Crippen LogP contribution in [-0.4, -0.2) is 54.5 Å². The fourth-order valence-corrected chi connectivity index (χ4v) is 3.53. The van der Waals surface area contributed by atoms with E-state index in [1.54, 1.807) is 0 Å². The van der Waals surface area contributed by atoms with Gasteiger partial charge in [-0.3, -0.25) is 4.79 Å². The first kappa shape index (κ1) is 11.8. The molecule has 5 heteroatoms. The SMILES string of the molecule is C[C@@H]1C(=O)NC[C@H]2CN(C(=O)N3CCCC3)C[C@H]21. The zero-order valence-corrected chi connectivity index (χ0v) is 10.9. The third kappa shape index (κ3) is 1.85. The van der Waals surface area contributed by atoms with Crippen molar-refractivity contribution in [3.8, 4) is 0 Å². The summed E-state index contributed by atoms with van der Waals surface area (Å²) in [6, 6.07) is 0.182. The quantitative estimate of drug-likeness (QED) is 0.682. The maximum absolute atomic E-state index is 12.3. The molecule has 0 aromatic heterocycles. The molecule has 3 aliphatic heterocycles. The molecule has 100 valence electrons. The molecule has 1 N–H and O–H groups in total. The molecule has 3 saturated heterocycles. The number of carbonyl (C=O) groups is 2. The Kier molecular flexibility index (Phi) is 2.92. The minimum absolute atomic E-state index is 0.0418. The number of piperidine rings is 1. The number of urea groups is 1. The fourth-order valence-electron chi connectivity index (χ4n) is 3.53. The van der Waals surface area contributed by atoms with Crippen molar-refractivity contribution in [2.24, 2.45) is 17.8 Å². The summed E-state index contributed by atoms with van der Waals surface area (Å²) in [4.78, 5) is 27.9. The van der Waals surface area contributed by atoms with Gasteiger partial charge in [-0.05, 0) is 24.7 Å². The van der Waals surface area contributed by atoms with Gasteiger partial charge in [-0.25, -0.2) is 4.79 Å². The number of likely N-dealkylation sites (tertiary alicyclic amines) is 2. The third-order valence-corrected chi connectivity index (χ3v) is 4.73. The first-order chi connectivity index (χ1) is 8.66. The molecule has 3 amide bonds. The van der Waals surface area contributed by atoms with E-state index in [1.807, 2.05) is 16.7 Å². The van der Waals surface area contributed by atoms with Crippen molar-refractivity contribution in [3.05, 3.63) is 0 Å². The molecule has 0 aliphatic carbocycles. The van der Waals surface area contributed by atoms with Crippen LogP contribution in [0.2, 0.25) is 0 Å². The summed E-state index contributed by atoms with van der Waals surface area (Å²) in [5.74, 6) is 0.987. The average Bonchev–Trinajstić information content (AvgIpc) is 3.01. The number of hydrogen-bond donors (Lipinski definition) is 1. The first-order valence-corrected chi connectivity index (χ1v) is 6.98. The Morgan fingerprint density at radius 3 is 2.67 bits per heavy atom. The Labute approximate surface area is 107 Å². The lowest BCUT2D eigenvalue weighted by atomic mass is 9.81. The highest BCUT2D eigenvalue weighted by Gasteiger charge is 2.44. The number of nitrogens with one attached hydrogen (secondary N) is 1. The van der Waals surface area contributed by atoms with Gasteiger partial charge in [0.1, 0.15) is 0 Å². The topological polar surface area (TPSA) is 52.7 Å². The molecule has 18 heavy (non-hydrogen) atoms. The summed E-state index contributed by atoms with van der Waals surface area (Å²) in [7, 11) is 0. The normalized spacial score (nSPS) is 35.6. The molecule has 0 spiro atoms. The number of hydrogen-bond acceptors (Lipinski definition) is 2. The average molecular weight is 251 g/mol. The smallest absolute Gasteiger partial charge is 0.320 e. The molecule has 3 rings (SSSR count). The van der Waals surface area contributed by atoms with Gasteiger partial charge in [-0.2, -0.15) is 0 Å². The second-order valence-corrected chi connectivity index (χ2v) is 5.84. The summed E-state index contributed by atoms with van der Waals surface area (Å²) < 4.78 is 0. The molecule has 3 atom stereocenters. The van der Waals surface area contributed by atoms with E-state index in [4.69, 9.17) is 0 Å². The van der Waals surface area contributed by atoms with E-state index in [-0.39, 0.29) is 17.9 Å². The van der Waals surface area contributed by atoms with Gasteiger partial charge in [-0.15, -0.1) is 0 Å². The molecule has 0 aromatic carbocycles. The number of fused-ring (bicyclic) bond motifs is 1. The van der Waals surface area contributed by atoms with E-state index in [1.165, 1.54) is 0 Å². The van der Waals surface area contributed by atoms with Gasteiger partial charge in [0.25, 0.3) is 0 Å². The van der Waals surface area contributed by atoms with Crippen LogP contribution in [0.25, 0.3) is 0 Å². The Balaban J connectivity index is 1.67. The van der Waals surface area contributed by atoms with Gasteiger partial charge in [0.2, 0.25) is 5.91 Å². The highest BCUT2D eigenvalue weighted by Crippen LogP contribution is 2.33. The monoisotopic (exact) mass is 251 g/mol. The minimum atomic E-state index is 0.0418. The predicted molar refractivity (Wildman–Crippen MR) is 66.9 cm³/mol. The van der Waals surface area contributed by atoms with Gasteiger partial charge >= 0.3 is 6.03 Å². The summed E-state index contributed by atoms with van der Waals surface area (Å²) in [5.41, 5.74) is 0. The maximum atomic E-state index is 12.3. The van der Waals surface area contributed by atoms with Gasteiger partial charge in [0.15, 0.2) is 0 Å². The van der Waals surface area contributed by atoms with Crippen LogP contribution >= 0.6 is 0 Å². The standard InChI is InChI=1S/C13H21N3O2/c1-9-11-8-16(7-10(11)6-14-12(9)17)13(18)15-4-2-3-5-15/h9-11H,2-8H2,1H3,(H,14,17)/t9-,10-,11-/m0/s1. The number of nitrogens with zero attached hydrogens (tertiary/aromatic N) is 2. The van der Waals surface area contributed by atoms with Crippen LogP contribution in [0.4, 0.5) is 4.79 Å². The van der Waals surface area contributed by atoms with E-state index in [0.717, 1.165) is 45.6 Å². The fraction of sp³-hybridized carbons (Fsp3) is 0.846. The highest BCUT2D eigenvalue weighted by molar-refractivity contribution is 5.80. The molecule has 0 unspecified atom stereocenters. The van der Waals surface area contributed by atoms with Crippen LogP contribution in [0.3, 0.4) is 0 Å². The van der Waals surface area contributed by atoms with E-state index >= 15 is 0 Å².